The second-order valence-electron chi connectivity index (χ2n) is 3.29. The Morgan fingerprint density at radius 1 is 1.00 bits per heavy atom. The lowest BCUT2D eigenvalue weighted by atomic mass is 10.3. The fraction of sp³-hybridized carbons (Fsp3) is 0.364. The van der Waals surface area contributed by atoms with Crippen molar-refractivity contribution in [3.8, 4) is 5.75 Å². The Balaban J connectivity index is 2.96. The minimum atomic E-state index is -2.80. The van der Waals surface area contributed by atoms with Gasteiger partial charge >= 0.3 is 14.8 Å². The summed E-state index contributed by atoms with van der Waals surface area (Å²) in [5.41, 5.74) is 0. The van der Waals surface area contributed by atoms with Gasteiger partial charge in [-0.25, -0.2) is 0 Å². The van der Waals surface area contributed by atoms with E-state index in [1.807, 2.05) is 0 Å². The van der Waals surface area contributed by atoms with Crippen LogP contribution < -0.4 is 9.92 Å². The van der Waals surface area contributed by atoms with Crippen LogP contribution in [0.15, 0.2) is 24.3 Å². The molecule has 17 heavy (non-hydrogen) atoms. The van der Waals surface area contributed by atoms with E-state index in [4.69, 9.17) is 18.0 Å². The van der Waals surface area contributed by atoms with Gasteiger partial charge in [-0.05, 0) is 12.1 Å². The minimum Gasteiger partial charge on any atom is -0.427 e. The van der Waals surface area contributed by atoms with E-state index in [2.05, 4.69) is 0 Å². The van der Waals surface area contributed by atoms with E-state index in [0.717, 1.165) is 5.19 Å². The number of rotatable bonds is 5. The van der Waals surface area contributed by atoms with Gasteiger partial charge in [0.25, 0.3) is 0 Å². The Hall–Kier alpha value is -1.21. The third-order valence-electron chi connectivity index (χ3n) is 2.28. The topological polar surface area (TPSA) is 54.0 Å². The highest BCUT2D eigenvalue weighted by Gasteiger charge is 2.40. The molecule has 0 N–H and O–H groups in total. The molecule has 0 amide bonds. The molecule has 0 saturated carbocycles. The van der Waals surface area contributed by atoms with Gasteiger partial charge in [-0.3, -0.25) is 4.79 Å². The molecule has 6 heteroatoms. The lowest BCUT2D eigenvalue weighted by molar-refractivity contribution is -0.131. The van der Waals surface area contributed by atoms with Crippen molar-refractivity contribution in [1.82, 2.24) is 0 Å². The molecule has 1 rings (SSSR count). The minimum absolute atomic E-state index is 0.355. The largest absolute Gasteiger partial charge is 0.536 e. The molecule has 0 aliphatic heterocycles. The Bertz CT molecular complexity index is 364. The Labute approximate surface area is 102 Å². The van der Waals surface area contributed by atoms with Crippen molar-refractivity contribution < 1.29 is 22.8 Å². The fourth-order valence-corrected chi connectivity index (χ4v) is 3.28. The first-order valence-electron chi connectivity index (χ1n) is 5.02. The summed E-state index contributed by atoms with van der Waals surface area (Å²) >= 11 is 0. The monoisotopic (exact) mass is 256 g/mol. The van der Waals surface area contributed by atoms with Crippen molar-refractivity contribution in [3.05, 3.63) is 24.3 Å². The van der Waals surface area contributed by atoms with Crippen molar-refractivity contribution in [2.45, 2.75) is 6.92 Å². The second-order valence-corrected chi connectivity index (χ2v) is 6.20. The highest BCUT2D eigenvalue weighted by atomic mass is 28.4. The van der Waals surface area contributed by atoms with Crippen LogP contribution in [-0.2, 0) is 18.1 Å². The molecule has 0 aliphatic carbocycles. The maximum Gasteiger partial charge on any atom is 0.536 e. The van der Waals surface area contributed by atoms with Gasteiger partial charge in [0.05, 0.1) is 0 Å². The molecule has 0 bridgehead atoms. The lowest BCUT2D eigenvalue weighted by Crippen LogP contribution is -2.54. The summed E-state index contributed by atoms with van der Waals surface area (Å²) in [5, 5.41) is 0.806. The van der Waals surface area contributed by atoms with E-state index >= 15 is 0 Å². The molecule has 5 nitrogen and oxygen atoms in total. The van der Waals surface area contributed by atoms with Crippen LogP contribution in [0.5, 0.6) is 5.75 Å². The van der Waals surface area contributed by atoms with Crippen LogP contribution in [0.2, 0.25) is 0 Å². The van der Waals surface area contributed by atoms with E-state index in [1.165, 1.54) is 6.92 Å². The van der Waals surface area contributed by atoms with E-state index in [1.54, 1.807) is 45.6 Å². The number of hydrogen-bond donors (Lipinski definition) is 0. The zero-order valence-electron chi connectivity index (χ0n) is 10.4. The number of carbonyl (C=O) groups excluding carboxylic acids is 1. The molecule has 0 unspecified atom stereocenters. The maximum atomic E-state index is 10.8. The van der Waals surface area contributed by atoms with Gasteiger partial charge in [0, 0.05) is 33.4 Å². The number of hydrogen-bond acceptors (Lipinski definition) is 5. The van der Waals surface area contributed by atoms with E-state index in [9.17, 15) is 4.79 Å². The molecule has 0 radical (unpaired) electrons. The first kappa shape index (κ1) is 13.9. The first-order chi connectivity index (χ1) is 8.07. The molecular weight excluding hydrogens is 240 g/mol. The summed E-state index contributed by atoms with van der Waals surface area (Å²) in [6.07, 6.45) is 0. The van der Waals surface area contributed by atoms with Crippen LogP contribution in [0.3, 0.4) is 0 Å². The first-order valence-corrected chi connectivity index (χ1v) is 6.75. The van der Waals surface area contributed by atoms with Gasteiger partial charge in [0.2, 0.25) is 0 Å². The summed E-state index contributed by atoms with van der Waals surface area (Å²) in [6, 6.07) is 6.88. The van der Waals surface area contributed by atoms with Gasteiger partial charge < -0.3 is 18.0 Å². The van der Waals surface area contributed by atoms with Crippen molar-refractivity contribution in [2.24, 2.45) is 0 Å². The fourth-order valence-electron chi connectivity index (χ4n) is 1.50. The Morgan fingerprint density at radius 3 is 1.82 bits per heavy atom. The van der Waals surface area contributed by atoms with Gasteiger partial charge in [0.1, 0.15) is 5.75 Å². The molecule has 0 saturated heterocycles. The van der Waals surface area contributed by atoms with Crippen molar-refractivity contribution in [1.29, 1.82) is 0 Å². The maximum absolute atomic E-state index is 10.8. The molecule has 0 aromatic heterocycles. The molecule has 1 aromatic rings. The summed E-state index contributed by atoms with van der Waals surface area (Å²) in [4.78, 5) is 10.8. The van der Waals surface area contributed by atoms with Crippen LogP contribution in [0, 0.1) is 0 Å². The molecule has 0 heterocycles. The standard InChI is InChI=1S/C11H16O5Si/c1-9(12)16-10-5-7-11(8-6-10)17(13-2,14-3)15-4/h5-8H,1-4H3. The molecule has 0 atom stereocenters. The Morgan fingerprint density at radius 2 is 1.47 bits per heavy atom. The van der Waals surface area contributed by atoms with Crippen LogP contribution in [0.1, 0.15) is 6.92 Å². The number of esters is 1. The second kappa shape index (κ2) is 5.92. The van der Waals surface area contributed by atoms with Crippen LogP contribution in [0.4, 0.5) is 0 Å². The number of carbonyl (C=O) groups is 1. The highest BCUT2D eigenvalue weighted by Crippen LogP contribution is 2.12. The number of ether oxygens (including phenoxy) is 1. The highest BCUT2D eigenvalue weighted by molar-refractivity contribution is 6.75. The SMILES string of the molecule is CO[Si](OC)(OC)c1ccc(OC(C)=O)cc1. The normalized spacial score (nSPS) is 11.3. The van der Waals surface area contributed by atoms with Crippen LogP contribution in [0.25, 0.3) is 0 Å². The smallest absolute Gasteiger partial charge is 0.427 e. The van der Waals surface area contributed by atoms with E-state index in [-0.39, 0.29) is 5.97 Å². The van der Waals surface area contributed by atoms with Crippen molar-refractivity contribution in [3.63, 3.8) is 0 Å². The quantitative estimate of drug-likeness (QED) is 0.441. The average Bonchev–Trinajstić information content (AvgIpc) is 2.33. The Kier molecular flexibility index (Phi) is 4.82. The van der Waals surface area contributed by atoms with E-state index in [0.29, 0.717) is 5.75 Å². The van der Waals surface area contributed by atoms with Gasteiger partial charge in [-0.1, -0.05) is 12.1 Å². The van der Waals surface area contributed by atoms with Gasteiger partial charge in [-0.2, -0.15) is 0 Å². The van der Waals surface area contributed by atoms with Crippen LogP contribution >= 0.6 is 0 Å². The summed E-state index contributed by atoms with van der Waals surface area (Å²) < 4.78 is 20.9. The summed E-state index contributed by atoms with van der Waals surface area (Å²) in [7, 11) is 1.83. The van der Waals surface area contributed by atoms with Crippen LogP contribution in [-0.4, -0.2) is 36.1 Å². The molecule has 1 aromatic carbocycles. The average molecular weight is 256 g/mol. The van der Waals surface area contributed by atoms with Crippen molar-refractivity contribution in [2.75, 3.05) is 21.3 Å². The predicted molar refractivity (Wildman–Crippen MR) is 64.2 cm³/mol. The predicted octanol–water partition coefficient (Wildman–Crippen LogP) is 0.697. The third kappa shape index (κ3) is 3.13. The summed E-state index contributed by atoms with van der Waals surface area (Å²) in [6.45, 7) is 1.35. The molecule has 0 spiro atoms. The van der Waals surface area contributed by atoms with Gasteiger partial charge in [-0.15, -0.1) is 0 Å². The zero-order valence-corrected chi connectivity index (χ0v) is 11.4. The molecule has 0 aliphatic rings. The van der Waals surface area contributed by atoms with Gasteiger partial charge in [0.15, 0.2) is 0 Å². The number of benzene rings is 1. The summed E-state index contributed by atoms with van der Waals surface area (Å²) in [5.74, 6) is 0.124. The third-order valence-corrected chi connectivity index (χ3v) is 4.93. The zero-order chi connectivity index (χ0) is 12.9. The molecular formula is C11H16O5Si. The molecule has 94 valence electrons. The van der Waals surface area contributed by atoms with E-state index < -0.39 is 8.80 Å². The van der Waals surface area contributed by atoms with Crippen molar-refractivity contribution >= 4 is 20.0 Å². The molecule has 0 fully saturated rings. The lowest BCUT2D eigenvalue weighted by Gasteiger charge is -2.24.